The van der Waals surface area contributed by atoms with Gasteiger partial charge in [-0.1, -0.05) is 141 Å². The van der Waals surface area contributed by atoms with E-state index in [2.05, 4.69) is 167 Å². The molecule has 2 nitrogen and oxygen atoms in total. The number of nitrogens with zero attached hydrogens (tertiary/aromatic N) is 2. The van der Waals surface area contributed by atoms with Gasteiger partial charge in [-0.2, -0.15) is 0 Å². The summed E-state index contributed by atoms with van der Waals surface area (Å²) in [5.74, 6) is 0. The molecule has 0 aliphatic heterocycles. The van der Waals surface area contributed by atoms with E-state index in [0.29, 0.717) is 10.8 Å². The Morgan fingerprint density at radius 3 is 1.62 bits per heavy atom. The van der Waals surface area contributed by atoms with Crippen molar-refractivity contribution in [3.8, 4) is 5.69 Å². The highest BCUT2D eigenvalue weighted by molar-refractivity contribution is 6.26. The summed E-state index contributed by atoms with van der Waals surface area (Å²) in [6, 6.07) is 26.2. The smallest absolute Gasteiger partial charge is 0.0621 e. The van der Waals surface area contributed by atoms with Crippen LogP contribution in [0.3, 0.4) is 0 Å². The maximum Gasteiger partial charge on any atom is 0.0621 e. The Kier molecular flexibility index (Phi) is 8.93. The third kappa shape index (κ3) is 6.14. The molecule has 14 rings (SSSR count). The predicted octanol–water partition coefficient (Wildman–Crippen LogP) is 18.8. The largest absolute Gasteiger partial charge is 0.309 e. The molecule has 0 atom stereocenters. The van der Waals surface area contributed by atoms with Gasteiger partial charge in [0.2, 0.25) is 0 Å². The van der Waals surface area contributed by atoms with Gasteiger partial charge in [-0.05, 0) is 201 Å². The van der Waals surface area contributed by atoms with Crippen molar-refractivity contribution in [2.45, 2.75) is 226 Å². The molecule has 3 fully saturated rings. The average Bonchev–Trinajstić information content (AvgIpc) is 4.13. The highest BCUT2D eigenvalue weighted by Gasteiger charge is 2.55. The van der Waals surface area contributed by atoms with E-state index in [9.17, 15) is 0 Å². The molecule has 0 radical (unpaired) electrons. The Bertz CT molecular complexity index is 3470. The first-order valence-corrected chi connectivity index (χ1v) is 27.8. The molecule has 0 amide bonds. The van der Waals surface area contributed by atoms with Crippen molar-refractivity contribution in [3.05, 3.63) is 105 Å². The highest BCUT2D eigenvalue weighted by atomic mass is 15.0. The fourth-order valence-electron chi connectivity index (χ4n) is 16.6. The number of rotatable bonds is 3. The van der Waals surface area contributed by atoms with Crippen molar-refractivity contribution in [2.24, 2.45) is 10.8 Å². The summed E-state index contributed by atoms with van der Waals surface area (Å²) in [5.41, 5.74) is 22.6. The van der Waals surface area contributed by atoms with Crippen molar-refractivity contribution >= 4 is 59.9 Å². The molecule has 6 aliphatic carbocycles. The molecule has 0 unspecified atom stereocenters. The summed E-state index contributed by atoms with van der Waals surface area (Å²) in [7, 11) is 0. The lowest BCUT2D eigenvalue weighted by Gasteiger charge is -2.52. The van der Waals surface area contributed by atoms with Crippen LogP contribution in [0.5, 0.6) is 0 Å². The first-order valence-electron chi connectivity index (χ1n) is 27.8. The van der Waals surface area contributed by atoms with Gasteiger partial charge in [0, 0.05) is 32.3 Å². The Morgan fingerprint density at radius 2 is 1.00 bits per heavy atom. The third-order valence-electron chi connectivity index (χ3n) is 19.9. The monoisotopic (exact) mass is 915 g/mol. The quantitative estimate of drug-likeness (QED) is 0.167. The second-order valence-corrected chi connectivity index (χ2v) is 29.6. The van der Waals surface area contributed by atoms with Crippen LogP contribution in [0.2, 0.25) is 0 Å². The van der Waals surface area contributed by atoms with E-state index in [1.54, 1.807) is 27.6 Å². The lowest BCUT2D eigenvalue weighted by Crippen LogP contribution is -2.44. The second kappa shape index (κ2) is 13.8. The molecule has 6 aliphatic rings. The van der Waals surface area contributed by atoms with Gasteiger partial charge < -0.3 is 8.97 Å². The van der Waals surface area contributed by atoms with E-state index in [4.69, 9.17) is 0 Å². The molecule has 2 bridgehead atoms. The molecule has 3 heterocycles. The zero-order valence-electron chi connectivity index (χ0n) is 45.3. The van der Waals surface area contributed by atoms with Crippen molar-refractivity contribution in [3.63, 3.8) is 0 Å². The number of hydrogen-bond acceptors (Lipinski definition) is 0. The van der Waals surface area contributed by atoms with Crippen molar-refractivity contribution < 1.29 is 0 Å². The summed E-state index contributed by atoms with van der Waals surface area (Å²) >= 11 is 0. The van der Waals surface area contributed by atoms with Gasteiger partial charge >= 0.3 is 0 Å². The van der Waals surface area contributed by atoms with E-state index in [1.807, 2.05) is 0 Å². The highest BCUT2D eigenvalue weighted by Crippen LogP contribution is 2.65. The number of fused-ring (bicyclic) bond motifs is 15. The third-order valence-corrected chi connectivity index (χ3v) is 19.9. The SMILES string of the molecule is CC(C)(C)Cc1c(-n2c3ccc(C(C)(C)C)cc3c3c4c(ccc32)C2(C)CCC4(C)CC2)cc(CC(C)(C)C)c2c1c1cc(C(C)(C)C)cc3c4c5c(ccc4n2c31)C1(CCCC1)CC51CCCC1. The van der Waals surface area contributed by atoms with Gasteiger partial charge in [-0.15, -0.1) is 0 Å². The lowest BCUT2D eigenvalue weighted by molar-refractivity contribution is 0.190. The van der Waals surface area contributed by atoms with Crippen LogP contribution >= 0.6 is 0 Å². The number of aromatic nitrogens is 2. The van der Waals surface area contributed by atoms with Crippen LogP contribution in [0.4, 0.5) is 0 Å². The van der Waals surface area contributed by atoms with E-state index in [-0.39, 0.29) is 32.5 Å². The predicted molar refractivity (Wildman–Crippen MR) is 297 cm³/mol. The van der Waals surface area contributed by atoms with Crippen LogP contribution in [0, 0.1) is 10.8 Å². The zero-order chi connectivity index (χ0) is 48.4. The van der Waals surface area contributed by atoms with Crippen molar-refractivity contribution in [1.29, 1.82) is 0 Å². The Hall–Kier alpha value is -4.30. The average molecular weight is 915 g/mol. The summed E-state index contributed by atoms with van der Waals surface area (Å²) < 4.78 is 5.66. The minimum absolute atomic E-state index is 0.00357. The topological polar surface area (TPSA) is 9.34 Å². The van der Waals surface area contributed by atoms with E-state index < -0.39 is 0 Å². The fraction of sp³-hybridized carbons (Fsp3) is 0.552. The van der Waals surface area contributed by atoms with Crippen LogP contribution in [0.25, 0.3) is 65.6 Å². The van der Waals surface area contributed by atoms with Gasteiger partial charge in [0.15, 0.2) is 0 Å². The van der Waals surface area contributed by atoms with Crippen LogP contribution in [-0.4, -0.2) is 8.97 Å². The Morgan fingerprint density at radius 1 is 0.464 bits per heavy atom. The normalized spacial score (nSPS) is 23.5. The minimum atomic E-state index is -0.00357. The van der Waals surface area contributed by atoms with Gasteiger partial charge in [-0.3, -0.25) is 0 Å². The fourth-order valence-corrected chi connectivity index (χ4v) is 16.6. The minimum Gasteiger partial charge on any atom is -0.309 e. The second-order valence-electron chi connectivity index (χ2n) is 29.6. The van der Waals surface area contributed by atoms with Crippen molar-refractivity contribution in [2.75, 3.05) is 0 Å². The number of hydrogen-bond donors (Lipinski definition) is 0. The molecular weight excluding hydrogens is 833 g/mol. The molecular formula is C67H82N2. The summed E-state index contributed by atoms with van der Waals surface area (Å²) in [4.78, 5) is 0. The first-order chi connectivity index (χ1) is 32.3. The van der Waals surface area contributed by atoms with Crippen LogP contribution in [0.15, 0.2) is 60.7 Å². The molecule has 5 aromatic carbocycles. The maximum absolute atomic E-state index is 2.86. The Balaban J connectivity index is 1.23. The van der Waals surface area contributed by atoms with Gasteiger partial charge in [0.05, 0.1) is 33.3 Å². The van der Waals surface area contributed by atoms with Gasteiger partial charge in [0.25, 0.3) is 0 Å². The molecule has 360 valence electrons. The molecule has 3 saturated carbocycles. The molecule has 0 N–H and O–H groups in total. The van der Waals surface area contributed by atoms with E-state index in [1.165, 1.54) is 166 Å². The van der Waals surface area contributed by atoms with Gasteiger partial charge in [0.1, 0.15) is 0 Å². The first kappa shape index (κ1) is 44.6. The zero-order valence-corrected chi connectivity index (χ0v) is 45.3. The molecule has 3 aromatic heterocycles. The molecule has 8 aromatic rings. The van der Waals surface area contributed by atoms with E-state index >= 15 is 0 Å². The molecule has 0 saturated heterocycles. The maximum atomic E-state index is 2.86. The number of benzene rings is 5. The van der Waals surface area contributed by atoms with Crippen molar-refractivity contribution in [1.82, 2.24) is 8.97 Å². The summed E-state index contributed by atoms with van der Waals surface area (Å²) in [5, 5.41) is 9.12. The summed E-state index contributed by atoms with van der Waals surface area (Å²) in [6.07, 6.45) is 19.6. The van der Waals surface area contributed by atoms with Crippen LogP contribution in [-0.2, 0) is 45.3 Å². The van der Waals surface area contributed by atoms with Crippen LogP contribution in [0.1, 0.15) is 225 Å². The molecule has 69 heavy (non-hydrogen) atoms. The molecule has 2 heteroatoms. The van der Waals surface area contributed by atoms with E-state index in [0.717, 1.165) is 12.8 Å². The Labute approximate surface area is 414 Å². The summed E-state index contributed by atoms with van der Waals surface area (Å²) in [6.45, 7) is 34.6. The standard InChI is InChI=1S/C67H82N2/c1-60(2,3)37-40-33-52(68-49-22-19-41(62(7,8)9)34-43(49)54-50(68)23-20-47-56(54)65(14)31-29-64(47,13)30-32-65)46(38-61(4,5)6)53-44-35-42(63(10,11)12)36-45-55-51(69(58(40)53)59(44)45)24-21-48-57(55)67(27-17-18-28-67)39-66(48)25-15-16-26-66/h19-24,33-36H,15-18,25-32,37-39H2,1-14H3. The lowest BCUT2D eigenvalue weighted by atomic mass is 9.52. The van der Waals surface area contributed by atoms with Crippen LogP contribution < -0.4 is 0 Å². The van der Waals surface area contributed by atoms with Gasteiger partial charge in [-0.25, -0.2) is 0 Å². The molecule has 2 spiro atoms.